The van der Waals surface area contributed by atoms with Gasteiger partial charge in [0.25, 0.3) is 0 Å². The van der Waals surface area contributed by atoms with Gasteiger partial charge in [0.2, 0.25) is 0 Å². The normalized spacial score (nSPS) is 21.6. The summed E-state index contributed by atoms with van der Waals surface area (Å²) in [5.41, 5.74) is 1.01. The number of halogens is 1. The van der Waals surface area contributed by atoms with Crippen LogP contribution in [-0.4, -0.2) is 12.7 Å². The molecule has 1 aliphatic rings. The van der Waals surface area contributed by atoms with Crippen LogP contribution in [0.4, 0.5) is 4.39 Å². The van der Waals surface area contributed by atoms with Crippen LogP contribution in [0, 0.1) is 5.82 Å². The Kier molecular flexibility index (Phi) is 1.92. The lowest BCUT2D eigenvalue weighted by Crippen LogP contribution is -1.77. The largest absolute Gasteiger partial charge is 0.369 e. The van der Waals surface area contributed by atoms with Gasteiger partial charge in [0.15, 0.2) is 0 Å². The average Bonchev–Trinajstić information content (AvgIpc) is 2.87. The quantitative estimate of drug-likeness (QED) is 0.610. The molecule has 12 heavy (non-hydrogen) atoms. The third-order valence-corrected chi connectivity index (χ3v) is 1.73. The number of hydrogen-bond donors (Lipinski definition) is 0. The van der Waals surface area contributed by atoms with Gasteiger partial charge in [0.05, 0.1) is 12.7 Å². The summed E-state index contributed by atoms with van der Waals surface area (Å²) in [5, 5.41) is 0. The maximum atomic E-state index is 12.4. The molecule has 1 saturated heterocycles. The fraction of sp³-hybridized carbons (Fsp3) is 0.200. The summed E-state index contributed by atoms with van der Waals surface area (Å²) in [5.74, 6) is -0.199. The summed E-state index contributed by atoms with van der Waals surface area (Å²) >= 11 is 0. The highest BCUT2D eigenvalue weighted by molar-refractivity contribution is 5.49. The molecule has 0 aliphatic carbocycles. The minimum absolute atomic E-state index is 0.199. The highest BCUT2D eigenvalue weighted by atomic mass is 19.1. The molecular formula is C10H9FO. The monoisotopic (exact) mass is 164 g/mol. The molecule has 1 atom stereocenters. The summed E-state index contributed by atoms with van der Waals surface area (Å²) in [6.07, 6.45) is 4.21. The third-order valence-electron chi connectivity index (χ3n) is 1.73. The highest BCUT2D eigenvalue weighted by Crippen LogP contribution is 2.13. The second-order valence-electron chi connectivity index (χ2n) is 2.78. The molecule has 1 aromatic carbocycles. The van der Waals surface area contributed by atoms with E-state index in [9.17, 15) is 4.39 Å². The molecule has 2 rings (SSSR count). The van der Waals surface area contributed by atoms with E-state index in [1.807, 2.05) is 12.2 Å². The van der Waals surface area contributed by atoms with Crippen LogP contribution in [0.3, 0.4) is 0 Å². The van der Waals surface area contributed by atoms with Gasteiger partial charge >= 0.3 is 0 Å². The van der Waals surface area contributed by atoms with Gasteiger partial charge in [-0.05, 0) is 17.7 Å². The van der Waals surface area contributed by atoms with Crippen LogP contribution in [0.15, 0.2) is 30.3 Å². The first-order valence-electron chi connectivity index (χ1n) is 3.90. The number of epoxide rings is 1. The maximum absolute atomic E-state index is 12.4. The van der Waals surface area contributed by atoms with Gasteiger partial charge in [0.1, 0.15) is 5.82 Å². The summed E-state index contributed by atoms with van der Waals surface area (Å²) < 4.78 is 17.4. The van der Waals surface area contributed by atoms with Gasteiger partial charge in [-0.15, -0.1) is 0 Å². The van der Waals surface area contributed by atoms with E-state index in [4.69, 9.17) is 4.74 Å². The number of ether oxygens (including phenoxy) is 1. The first-order valence-corrected chi connectivity index (χ1v) is 3.90. The standard InChI is InChI=1S/C10H9FO/c11-9-4-1-8(2-5-9)3-6-10-7-12-10/h1-6,10H,7H2/b6-3+. The Morgan fingerprint density at radius 2 is 2.00 bits per heavy atom. The lowest BCUT2D eigenvalue weighted by Gasteiger charge is -1.90. The zero-order chi connectivity index (χ0) is 8.39. The minimum atomic E-state index is -0.199. The zero-order valence-electron chi connectivity index (χ0n) is 6.53. The lowest BCUT2D eigenvalue weighted by atomic mass is 10.2. The molecule has 0 N–H and O–H groups in total. The number of hydrogen-bond acceptors (Lipinski definition) is 1. The predicted molar refractivity (Wildman–Crippen MR) is 45.2 cm³/mol. The van der Waals surface area contributed by atoms with Gasteiger partial charge in [0, 0.05) is 0 Å². The summed E-state index contributed by atoms with van der Waals surface area (Å²) in [4.78, 5) is 0. The molecule has 1 aromatic rings. The smallest absolute Gasteiger partial charge is 0.123 e. The van der Waals surface area contributed by atoms with Gasteiger partial charge in [-0.25, -0.2) is 4.39 Å². The van der Waals surface area contributed by atoms with Crippen molar-refractivity contribution < 1.29 is 9.13 Å². The van der Waals surface area contributed by atoms with Gasteiger partial charge in [-0.2, -0.15) is 0 Å². The molecule has 0 spiro atoms. The van der Waals surface area contributed by atoms with E-state index in [0.717, 1.165) is 12.2 Å². The molecule has 1 fully saturated rings. The molecular weight excluding hydrogens is 155 g/mol. The van der Waals surface area contributed by atoms with Crippen LogP contribution in [0.5, 0.6) is 0 Å². The first kappa shape index (κ1) is 7.50. The van der Waals surface area contributed by atoms with Crippen molar-refractivity contribution in [3.63, 3.8) is 0 Å². The van der Waals surface area contributed by atoms with Crippen molar-refractivity contribution >= 4 is 6.08 Å². The summed E-state index contributed by atoms with van der Waals surface area (Å²) in [7, 11) is 0. The van der Waals surface area contributed by atoms with Crippen LogP contribution >= 0.6 is 0 Å². The Labute approximate surface area is 70.5 Å². The van der Waals surface area contributed by atoms with Crippen molar-refractivity contribution in [1.29, 1.82) is 0 Å². The number of rotatable bonds is 2. The van der Waals surface area contributed by atoms with E-state index in [0.29, 0.717) is 0 Å². The van der Waals surface area contributed by atoms with Crippen molar-refractivity contribution in [1.82, 2.24) is 0 Å². The summed E-state index contributed by atoms with van der Waals surface area (Å²) in [6.45, 7) is 0.817. The lowest BCUT2D eigenvalue weighted by molar-refractivity contribution is 0.440. The molecule has 1 heterocycles. The Hall–Kier alpha value is -1.15. The second-order valence-corrected chi connectivity index (χ2v) is 2.78. The van der Waals surface area contributed by atoms with Crippen molar-refractivity contribution in [2.45, 2.75) is 6.10 Å². The van der Waals surface area contributed by atoms with E-state index in [-0.39, 0.29) is 11.9 Å². The van der Waals surface area contributed by atoms with Crippen LogP contribution in [-0.2, 0) is 4.74 Å². The molecule has 0 amide bonds. The SMILES string of the molecule is Fc1ccc(/C=C/C2CO2)cc1. The first-order chi connectivity index (χ1) is 5.84. The zero-order valence-corrected chi connectivity index (χ0v) is 6.53. The highest BCUT2D eigenvalue weighted by Gasteiger charge is 2.17. The molecule has 62 valence electrons. The Balaban J connectivity index is 2.07. The van der Waals surface area contributed by atoms with E-state index in [1.165, 1.54) is 12.1 Å². The maximum Gasteiger partial charge on any atom is 0.123 e. The van der Waals surface area contributed by atoms with Gasteiger partial charge < -0.3 is 4.74 Å². The Morgan fingerprint density at radius 3 is 2.58 bits per heavy atom. The topological polar surface area (TPSA) is 12.5 Å². The fourth-order valence-corrected chi connectivity index (χ4v) is 0.959. The van der Waals surface area contributed by atoms with Crippen molar-refractivity contribution in [2.75, 3.05) is 6.61 Å². The Morgan fingerprint density at radius 1 is 1.33 bits per heavy atom. The second kappa shape index (κ2) is 3.07. The van der Waals surface area contributed by atoms with Gasteiger partial charge in [-0.3, -0.25) is 0 Å². The van der Waals surface area contributed by atoms with Crippen molar-refractivity contribution in [2.24, 2.45) is 0 Å². The number of benzene rings is 1. The molecule has 1 aliphatic heterocycles. The van der Waals surface area contributed by atoms with E-state index < -0.39 is 0 Å². The van der Waals surface area contributed by atoms with Crippen LogP contribution in [0.2, 0.25) is 0 Å². The van der Waals surface area contributed by atoms with Crippen molar-refractivity contribution in [3.05, 3.63) is 41.7 Å². The third kappa shape index (κ3) is 1.92. The molecule has 0 bridgehead atoms. The molecule has 1 nitrogen and oxygen atoms in total. The van der Waals surface area contributed by atoms with Crippen LogP contribution in [0.1, 0.15) is 5.56 Å². The molecule has 0 saturated carbocycles. The van der Waals surface area contributed by atoms with Gasteiger partial charge in [-0.1, -0.05) is 24.3 Å². The predicted octanol–water partition coefficient (Wildman–Crippen LogP) is 2.24. The van der Waals surface area contributed by atoms with E-state index in [1.54, 1.807) is 12.1 Å². The minimum Gasteiger partial charge on any atom is -0.369 e. The molecule has 2 heteroatoms. The molecule has 0 aromatic heterocycles. The molecule has 1 unspecified atom stereocenters. The van der Waals surface area contributed by atoms with E-state index >= 15 is 0 Å². The Bertz CT molecular complexity index is 285. The van der Waals surface area contributed by atoms with Crippen LogP contribution < -0.4 is 0 Å². The molecule has 0 radical (unpaired) electrons. The van der Waals surface area contributed by atoms with E-state index in [2.05, 4.69) is 0 Å². The summed E-state index contributed by atoms with van der Waals surface area (Å²) in [6, 6.07) is 6.39. The van der Waals surface area contributed by atoms with Crippen molar-refractivity contribution in [3.8, 4) is 0 Å². The van der Waals surface area contributed by atoms with Crippen LogP contribution in [0.25, 0.3) is 6.08 Å². The average molecular weight is 164 g/mol. The fourth-order valence-electron chi connectivity index (χ4n) is 0.959.